The van der Waals surface area contributed by atoms with Gasteiger partial charge in [-0.15, -0.1) is 11.3 Å². The van der Waals surface area contributed by atoms with Crippen molar-refractivity contribution in [2.75, 3.05) is 6.61 Å². The lowest BCUT2D eigenvalue weighted by Crippen LogP contribution is -2.08. The molecular formula is C16H14O3S2. The highest BCUT2D eigenvalue weighted by molar-refractivity contribution is 7.86. The Labute approximate surface area is 127 Å². The Balaban J connectivity index is 1.76. The first kappa shape index (κ1) is 14.3. The fraction of sp³-hybridized carbons (Fsp3) is 0.125. The third-order valence-electron chi connectivity index (χ3n) is 3.18. The summed E-state index contributed by atoms with van der Waals surface area (Å²) in [5.41, 5.74) is 0. The van der Waals surface area contributed by atoms with Gasteiger partial charge in [-0.05, 0) is 34.4 Å². The van der Waals surface area contributed by atoms with Crippen LogP contribution >= 0.6 is 11.3 Å². The first-order chi connectivity index (χ1) is 10.1. The van der Waals surface area contributed by atoms with Crippen LogP contribution in [0.3, 0.4) is 0 Å². The van der Waals surface area contributed by atoms with Crippen LogP contribution in [0.15, 0.2) is 64.9 Å². The minimum Gasteiger partial charge on any atom is -0.266 e. The van der Waals surface area contributed by atoms with Gasteiger partial charge in [0, 0.05) is 11.3 Å². The van der Waals surface area contributed by atoms with Crippen molar-refractivity contribution in [3.05, 3.63) is 64.9 Å². The van der Waals surface area contributed by atoms with Gasteiger partial charge < -0.3 is 0 Å². The molecule has 0 aliphatic heterocycles. The third kappa shape index (κ3) is 3.32. The van der Waals surface area contributed by atoms with Gasteiger partial charge in [-0.2, -0.15) is 8.42 Å². The standard InChI is InChI=1S/C16H14O3S2/c17-21(18,19-10-9-15-6-3-11-20-15)16-8-7-13-4-1-2-5-14(13)12-16/h1-8,11-12H,9-10H2. The zero-order valence-corrected chi connectivity index (χ0v) is 12.9. The summed E-state index contributed by atoms with van der Waals surface area (Å²) in [4.78, 5) is 1.32. The predicted molar refractivity (Wildman–Crippen MR) is 85.1 cm³/mol. The van der Waals surface area contributed by atoms with Gasteiger partial charge in [-0.25, -0.2) is 0 Å². The molecule has 3 aromatic rings. The third-order valence-corrected chi connectivity index (χ3v) is 5.42. The molecule has 0 N–H and O–H groups in total. The second-order valence-corrected chi connectivity index (χ2v) is 7.26. The molecule has 0 spiro atoms. The molecule has 0 unspecified atom stereocenters. The quantitative estimate of drug-likeness (QED) is 0.671. The van der Waals surface area contributed by atoms with E-state index in [1.165, 1.54) is 0 Å². The molecule has 0 atom stereocenters. The number of fused-ring (bicyclic) bond motifs is 1. The maximum atomic E-state index is 12.2. The molecule has 0 saturated heterocycles. The van der Waals surface area contributed by atoms with Crippen molar-refractivity contribution >= 4 is 32.2 Å². The Hall–Kier alpha value is -1.69. The van der Waals surface area contributed by atoms with Gasteiger partial charge in [0.1, 0.15) is 0 Å². The molecule has 5 heteroatoms. The van der Waals surface area contributed by atoms with Gasteiger partial charge in [-0.1, -0.05) is 36.4 Å². The van der Waals surface area contributed by atoms with E-state index < -0.39 is 10.1 Å². The number of benzene rings is 2. The van der Waals surface area contributed by atoms with Crippen LogP contribution in [0.1, 0.15) is 4.88 Å². The van der Waals surface area contributed by atoms with Crippen molar-refractivity contribution in [2.45, 2.75) is 11.3 Å². The summed E-state index contributed by atoms with van der Waals surface area (Å²) in [6.45, 7) is 0.162. The van der Waals surface area contributed by atoms with E-state index in [1.54, 1.807) is 29.5 Å². The van der Waals surface area contributed by atoms with Gasteiger partial charge in [0.2, 0.25) is 0 Å². The van der Waals surface area contributed by atoms with Crippen molar-refractivity contribution < 1.29 is 12.6 Å². The summed E-state index contributed by atoms with van der Waals surface area (Å²) in [6.07, 6.45) is 0.602. The predicted octanol–water partition coefficient (Wildman–Crippen LogP) is 3.85. The second kappa shape index (κ2) is 5.97. The highest BCUT2D eigenvalue weighted by atomic mass is 32.2. The van der Waals surface area contributed by atoms with Crippen LogP contribution in [-0.4, -0.2) is 15.0 Å². The molecule has 0 amide bonds. The van der Waals surface area contributed by atoms with Crippen LogP contribution in [0.5, 0.6) is 0 Å². The molecule has 1 heterocycles. The SMILES string of the molecule is O=S(=O)(OCCc1cccs1)c1ccc2ccccc2c1. The zero-order chi connectivity index (χ0) is 14.7. The number of hydrogen-bond donors (Lipinski definition) is 0. The lowest BCUT2D eigenvalue weighted by atomic mass is 10.1. The topological polar surface area (TPSA) is 43.4 Å². The molecule has 3 nitrogen and oxygen atoms in total. The molecule has 0 aliphatic carbocycles. The van der Waals surface area contributed by atoms with Gasteiger partial charge in [0.15, 0.2) is 0 Å². The number of thiophene rings is 1. The van der Waals surface area contributed by atoms with Crippen molar-refractivity contribution in [1.29, 1.82) is 0 Å². The van der Waals surface area contributed by atoms with Gasteiger partial charge in [0.05, 0.1) is 11.5 Å². The van der Waals surface area contributed by atoms with E-state index >= 15 is 0 Å². The molecular weight excluding hydrogens is 304 g/mol. The molecule has 0 aliphatic rings. The highest BCUT2D eigenvalue weighted by Gasteiger charge is 2.15. The van der Waals surface area contributed by atoms with E-state index in [0.717, 1.165) is 15.6 Å². The highest BCUT2D eigenvalue weighted by Crippen LogP contribution is 2.20. The molecule has 21 heavy (non-hydrogen) atoms. The van der Waals surface area contributed by atoms with E-state index in [9.17, 15) is 8.42 Å². The lowest BCUT2D eigenvalue weighted by molar-refractivity contribution is 0.323. The van der Waals surface area contributed by atoms with Crippen molar-refractivity contribution in [3.8, 4) is 0 Å². The Morgan fingerprint density at radius 1 is 0.952 bits per heavy atom. The first-order valence-corrected chi connectivity index (χ1v) is 8.84. The summed E-state index contributed by atoms with van der Waals surface area (Å²) >= 11 is 1.60. The monoisotopic (exact) mass is 318 g/mol. The van der Waals surface area contributed by atoms with E-state index in [-0.39, 0.29) is 11.5 Å². The van der Waals surface area contributed by atoms with E-state index in [0.29, 0.717) is 6.42 Å². The van der Waals surface area contributed by atoms with Crippen LogP contribution in [0.2, 0.25) is 0 Å². The second-order valence-electron chi connectivity index (χ2n) is 4.61. The van der Waals surface area contributed by atoms with Crippen LogP contribution < -0.4 is 0 Å². The average Bonchev–Trinajstić information content (AvgIpc) is 3.00. The number of hydrogen-bond acceptors (Lipinski definition) is 4. The normalized spacial score (nSPS) is 11.8. The van der Waals surface area contributed by atoms with Crippen molar-refractivity contribution in [1.82, 2.24) is 0 Å². The Morgan fingerprint density at radius 2 is 1.76 bits per heavy atom. The summed E-state index contributed by atoms with van der Waals surface area (Å²) in [5.74, 6) is 0. The minimum absolute atomic E-state index is 0.162. The van der Waals surface area contributed by atoms with Gasteiger partial charge in [0.25, 0.3) is 10.1 Å². The summed E-state index contributed by atoms with van der Waals surface area (Å²) in [6, 6.07) is 16.6. The zero-order valence-electron chi connectivity index (χ0n) is 11.2. The minimum atomic E-state index is -3.70. The summed E-state index contributed by atoms with van der Waals surface area (Å²) < 4.78 is 29.5. The van der Waals surface area contributed by atoms with Crippen LogP contribution in [0.25, 0.3) is 10.8 Å². The van der Waals surface area contributed by atoms with Crippen LogP contribution in [0.4, 0.5) is 0 Å². The summed E-state index contributed by atoms with van der Waals surface area (Å²) in [5, 5.41) is 3.86. The molecule has 0 saturated carbocycles. The largest absolute Gasteiger partial charge is 0.297 e. The van der Waals surface area contributed by atoms with Crippen molar-refractivity contribution in [3.63, 3.8) is 0 Å². The van der Waals surface area contributed by atoms with E-state index in [4.69, 9.17) is 4.18 Å². The fourth-order valence-electron chi connectivity index (χ4n) is 2.10. The Kier molecular flexibility index (Phi) is 4.05. The Bertz CT molecular complexity index is 837. The Morgan fingerprint density at radius 3 is 2.52 bits per heavy atom. The first-order valence-electron chi connectivity index (χ1n) is 6.56. The average molecular weight is 318 g/mol. The fourth-order valence-corrected chi connectivity index (χ4v) is 3.73. The molecule has 0 radical (unpaired) electrons. The number of rotatable bonds is 5. The molecule has 3 rings (SSSR count). The molecule has 0 bridgehead atoms. The smallest absolute Gasteiger partial charge is 0.266 e. The molecule has 0 fully saturated rings. The van der Waals surface area contributed by atoms with Gasteiger partial charge >= 0.3 is 0 Å². The van der Waals surface area contributed by atoms with E-state index in [2.05, 4.69) is 0 Å². The van der Waals surface area contributed by atoms with Crippen LogP contribution in [-0.2, 0) is 20.7 Å². The maximum Gasteiger partial charge on any atom is 0.297 e. The van der Waals surface area contributed by atoms with Gasteiger partial charge in [-0.3, -0.25) is 4.18 Å². The maximum absolute atomic E-state index is 12.2. The molecule has 1 aromatic heterocycles. The molecule has 108 valence electrons. The summed E-state index contributed by atoms with van der Waals surface area (Å²) in [7, 11) is -3.70. The van der Waals surface area contributed by atoms with Crippen LogP contribution in [0, 0.1) is 0 Å². The van der Waals surface area contributed by atoms with E-state index in [1.807, 2.05) is 41.8 Å². The molecule has 2 aromatic carbocycles. The lowest BCUT2D eigenvalue weighted by Gasteiger charge is -2.06. The van der Waals surface area contributed by atoms with Crippen molar-refractivity contribution in [2.24, 2.45) is 0 Å².